The predicted molar refractivity (Wildman–Crippen MR) is 62.3 cm³/mol. The van der Waals surface area contributed by atoms with Crippen LogP contribution < -0.4 is 10.1 Å². The molecule has 0 aromatic heterocycles. The van der Waals surface area contributed by atoms with E-state index < -0.39 is 11.6 Å². The molecule has 0 saturated carbocycles. The molecule has 1 heterocycles. The van der Waals surface area contributed by atoms with E-state index in [0.717, 1.165) is 13.0 Å². The molecule has 0 bridgehead atoms. The van der Waals surface area contributed by atoms with Crippen LogP contribution in [0.15, 0.2) is 12.1 Å². The highest BCUT2D eigenvalue weighted by molar-refractivity contribution is 5.31. The van der Waals surface area contributed by atoms with Crippen LogP contribution in [0, 0.1) is 11.6 Å². The van der Waals surface area contributed by atoms with Crippen LogP contribution in [0.4, 0.5) is 8.78 Å². The van der Waals surface area contributed by atoms with E-state index in [4.69, 9.17) is 0 Å². The minimum atomic E-state index is -0.627. The first kappa shape index (κ1) is 12.3. The van der Waals surface area contributed by atoms with Crippen LogP contribution in [-0.2, 0) is 6.42 Å². The van der Waals surface area contributed by atoms with Gasteiger partial charge in [-0.15, -0.1) is 0 Å². The largest absolute Gasteiger partial charge is 0.491 e. The van der Waals surface area contributed by atoms with E-state index >= 15 is 0 Å². The zero-order valence-corrected chi connectivity index (χ0v) is 9.93. The molecule has 1 saturated heterocycles. The number of rotatable bonds is 3. The van der Waals surface area contributed by atoms with E-state index in [0.29, 0.717) is 18.0 Å². The number of piperidine rings is 1. The lowest BCUT2D eigenvalue weighted by molar-refractivity contribution is 0.357. The fourth-order valence-electron chi connectivity index (χ4n) is 2.31. The van der Waals surface area contributed by atoms with Crippen LogP contribution in [0.3, 0.4) is 0 Å². The molecule has 1 fully saturated rings. The first-order valence-corrected chi connectivity index (χ1v) is 5.96. The smallest absolute Gasteiger partial charge is 0.190 e. The fraction of sp³-hybridized carbons (Fsp3) is 0.538. The van der Waals surface area contributed by atoms with E-state index in [1.165, 1.54) is 32.1 Å². The number of nitrogens with one attached hydrogen (secondary N) is 1. The third-order valence-electron chi connectivity index (χ3n) is 3.16. The Morgan fingerprint density at radius 3 is 2.53 bits per heavy atom. The molecule has 1 N–H and O–H groups in total. The molecule has 1 aliphatic heterocycles. The van der Waals surface area contributed by atoms with Crippen molar-refractivity contribution in [3.63, 3.8) is 0 Å². The highest BCUT2D eigenvalue weighted by Gasteiger charge is 2.16. The van der Waals surface area contributed by atoms with E-state index in [1.54, 1.807) is 0 Å². The van der Waals surface area contributed by atoms with E-state index in [9.17, 15) is 8.78 Å². The zero-order valence-electron chi connectivity index (χ0n) is 9.93. The average Bonchev–Trinajstić information content (AvgIpc) is 2.30. The molecule has 1 aromatic rings. The summed E-state index contributed by atoms with van der Waals surface area (Å²) in [5.41, 5.74) is 0.681. The summed E-state index contributed by atoms with van der Waals surface area (Å²) in [5, 5.41) is 3.36. The van der Waals surface area contributed by atoms with E-state index in [2.05, 4.69) is 10.1 Å². The number of halogens is 2. The number of hydrogen-bond acceptors (Lipinski definition) is 2. The number of ether oxygens (including phenoxy) is 1. The molecule has 17 heavy (non-hydrogen) atoms. The summed E-state index contributed by atoms with van der Waals surface area (Å²) in [6.45, 7) is 0.992. The van der Waals surface area contributed by atoms with Crippen molar-refractivity contribution in [3.05, 3.63) is 29.3 Å². The average molecular weight is 241 g/mol. The van der Waals surface area contributed by atoms with Gasteiger partial charge < -0.3 is 10.1 Å². The normalized spacial score (nSPS) is 20.3. The van der Waals surface area contributed by atoms with Gasteiger partial charge in [0, 0.05) is 6.04 Å². The summed E-state index contributed by atoms with van der Waals surface area (Å²) in [4.78, 5) is 0. The molecule has 0 spiro atoms. The first-order chi connectivity index (χ1) is 8.20. The van der Waals surface area contributed by atoms with Gasteiger partial charge in [0.25, 0.3) is 0 Å². The molecule has 94 valence electrons. The molecular weight excluding hydrogens is 224 g/mol. The summed E-state index contributed by atoms with van der Waals surface area (Å²) < 4.78 is 31.6. The van der Waals surface area contributed by atoms with Gasteiger partial charge >= 0.3 is 0 Å². The Bertz CT molecular complexity index is 366. The quantitative estimate of drug-likeness (QED) is 0.878. The lowest BCUT2D eigenvalue weighted by atomic mass is 9.97. The van der Waals surface area contributed by atoms with Crippen LogP contribution >= 0.6 is 0 Å². The Kier molecular flexibility index (Phi) is 3.94. The van der Waals surface area contributed by atoms with Crippen molar-refractivity contribution in [1.29, 1.82) is 0 Å². The Labute approximate surface area is 100.0 Å². The highest BCUT2D eigenvalue weighted by Crippen LogP contribution is 2.24. The van der Waals surface area contributed by atoms with Crippen LogP contribution in [0.5, 0.6) is 5.75 Å². The van der Waals surface area contributed by atoms with Gasteiger partial charge in [-0.3, -0.25) is 0 Å². The molecule has 1 atom stereocenters. The number of hydrogen-bond donors (Lipinski definition) is 1. The van der Waals surface area contributed by atoms with Crippen molar-refractivity contribution in [2.75, 3.05) is 13.7 Å². The van der Waals surface area contributed by atoms with Crippen molar-refractivity contribution in [3.8, 4) is 5.75 Å². The summed E-state index contributed by atoms with van der Waals surface area (Å²) in [7, 11) is 1.27. The fourth-order valence-corrected chi connectivity index (χ4v) is 2.31. The van der Waals surface area contributed by atoms with Crippen LogP contribution in [0.25, 0.3) is 0 Å². The standard InChI is InChI=1S/C13H17F2NO/c1-17-13-11(14)7-9(8-12(13)15)6-10-4-2-3-5-16-10/h7-8,10,16H,2-6H2,1H3. The van der Waals surface area contributed by atoms with Crippen LogP contribution in [0.2, 0.25) is 0 Å². The molecule has 1 aromatic carbocycles. The second-order valence-electron chi connectivity index (χ2n) is 4.44. The zero-order chi connectivity index (χ0) is 12.3. The Balaban J connectivity index is 2.10. The Hall–Kier alpha value is -1.16. The van der Waals surface area contributed by atoms with Gasteiger partial charge in [0.05, 0.1) is 7.11 Å². The van der Waals surface area contributed by atoms with Gasteiger partial charge in [-0.25, -0.2) is 8.78 Å². The molecule has 2 rings (SSSR count). The molecule has 4 heteroatoms. The minimum Gasteiger partial charge on any atom is -0.491 e. The summed E-state index contributed by atoms with van der Waals surface area (Å²) in [6.07, 6.45) is 4.09. The van der Waals surface area contributed by atoms with Crippen molar-refractivity contribution in [2.24, 2.45) is 0 Å². The monoisotopic (exact) mass is 241 g/mol. The van der Waals surface area contributed by atoms with E-state index in [1.807, 2.05) is 0 Å². The molecular formula is C13H17F2NO. The Morgan fingerprint density at radius 2 is 2.00 bits per heavy atom. The minimum absolute atomic E-state index is 0.301. The third kappa shape index (κ3) is 2.94. The number of benzene rings is 1. The van der Waals surface area contributed by atoms with Crippen molar-refractivity contribution >= 4 is 0 Å². The maximum atomic E-state index is 13.5. The van der Waals surface area contributed by atoms with Gasteiger partial charge in [-0.05, 0) is 43.5 Å². The van der Waals surface area contributed by atoms with Gasteiger partial charge in [0.2, 0.25) is 0 Å². The van der Waals surface area contributed by atoms with Crippen LogP contribution in [0.1, 0.15) is 24.8 Å². The predicted octanol–water partition coefficient (Wildman–Crippen LogP) is 2.66. The van der Waals surface area contributed by atoms with Crippen molar-refractivity contribution < 1.29 is 13.5 Å². The molecule has 1 unspecified atom stereocenters. The molecule has 1 aliphatic rings. The van der Waals surface area contributed by atoms with E-state index in [-0.39, 0.29) is 5.75 Å². The maximum absolute atomic E-state index is 13.5. The molecule has 0 amide bonds. The number of methoxy groups -OCH3 is 1. The van der Waals surface area contributed by atoms with Crippen LogP contribution in [-0.4, -0.2) is 19.7 Å². The van der Waals surface area contributed by atoms with Gasteiger partial charge in [-0.1, -0.05) is 6.42 Å². The maximum Gasteiger partial charge on any atom is 0.190 e. The first-order valence-electron chi connectivity index (χ1n) is 5.96. The van der Waals surface area contributed by atoms with Gasteiger partial charge in [0.15, 0.2) is 17.4 Å². The lowest BCUT2D eigenvalue weighted by Gasteiger charge is -2.23. The topological polar surface area (TPSA) is 21.3 Å². The van der Waals surface area contributed by atoms with Crippen molar-refractivity contribution in [1.82, 2.24) is 5.32 Å². The molecule has 0 radical (unpaired) electrons. The summed E-state index contributed by atoms with van der Waals surface area (Å²) in [5.74, 6) is -1.55. The van der Waals surface area contributed by atoms with Crippen molar-refractivity contribution in [2.45, 2.75) is 31.7 Å². The molecule has 0 aliphatic carbocycles. The lowest BCUT2D eigenvalue weighted by Crippen LogP contribution is -2.35. The highest BCUT2D eigenvalue weighted by atomic mass is 19.1. The second-order valence-corrected chi connectivity index (χ2v) is 4.44. The van der Waals surface area contributed by atoms with Gasteiger partial charge in [0.1, 0.15) is 0 Å². The van der Waals surface area contributed by atoms with Gasteiger partial charge in [-0.2, -0.15) is 0 Å². The molecule has 2 nitrogen and oxygen atoms in total. The third-order valence-corrected chi connectivity index (χ3v) is 3.16. The summed E-state index contributed by atoms with van der Waals surface area (Å²) >= 11 is 0. The Morgan fingerprint density at radius 1 is 1.29 bits per heavy atom. The second kappa shape index (κ2) is 5.45. The SMILES string of the molecule is COc1c(F)cc(CC2CCCCN2)cc1F. The summed E-state index contributed by atoms with van der Waals surface area (Å²) in [6, 6.07) is 3.05.